The topological polar surface area (TPSA) is 58.7 Å². The van der Waals surface area contributed by atoms with Gasteiger partial charge in [0.1, 0.15) is 10.8 Å². The molecule has 0 bridgehead atoms. The van der Waals surface area contributed by atoms with Crippen molar-refractivity contribution in [1.29, 1.82) is 5.26 Å². The van der Waals surface area contributed by atoms with Crippen molar-refractivity contribution in [2.24, 2.45) is 0 Å². The number of hydrogen-bond acceptors (Lipinski definition) is 3. The van der Waals surface area contributed by atoms with E-state index in [0.717, 1.165) is 10.7 Å². The summed E-state index contributed by atoms with van der Waals surface area (Å²) in [6.07, 6.45) is 1.23. The van der Waals surface area contributed by atoms with E-state index in [0.29, 0.717) is 5.56 Å². The van der Waals surface area contributed by atoms with E-state index in [4.69, 9.17) is 28.5 Å². The molecular formula is C12H6Cl2FN3O. The predicted molar refractivity (Wildman–Crippen MR) is 68.7 cm³/mol. The lowest BCUT2D eigenvalue weighted by molar-refractivity contribution is 0.610. The van der Waals surface area contributed by atoms with Crippen molar-refractivity contribution in [3.63, 3.8) is 0 Å². The molecule has 96 valence electrons. The van der Waals surface area contributed by atoms with Gasteiger partial charge in [-0.25, -0.2) is 9.07 Å². The highest BCUT2D eigenvalue weighted by Gasteiger charge is 2.09. The number of hydrogen-bond donors (Lipinski definition) is 0. The predicted octanol–water partition coefficient (Wildman–Crippen LogP) is 2.61. The second-order valence-corrected chi connectivity index (χ2v) is 4.51. The molecule has 1 heterocycles. The zero-order valence-corrected chi connectivity index (χ0v) is 10.9. The van der Waals surface area contributed by atoms with Gasteiger partial charge in [0.2, 0.25) is 0 Å². The smallest absolute Gasteiger partial charge is 0.266 e. The Morgan fingerprint density at radius 2 is 2.11 bits per heavy atom. The summed E-state index contributed by atoms with van der Waals surface area (Å²) in [5.41, 5.74) is 0.0320. The van der Waals surface area contributed by atoms with Crippen molar-refractivity contribution >= 4 is 23.2 Å². The normalized spacial score (nSPS) is 10.2. The van der Waals surface area contributed by atoms with Gasteiger partial charge in [0, 0.05) is 0 Å². The van der Waals surface area contributed by atoms with Crippen molar-refractivity contribution in [2.45, 2.75) is 6.54 Å². The molecule has 0 amide bonds. The van der Waals surface area contributed by atoms with Crippen LogP contribution in [-0.2, 0) is 6.54 Å². The number of nitrogens with zero attached hydrogens (tertiary/aromatic N) is 3. The van der Waals surface area contributed by atoms with Crippen LogP contribution in [0.4, 0.5) is 4.39 Å². The van der Waals surface area contributed by atoms with Gasteiger partial charge in [0.25, 0.3) is 5.56 Å². The third kappa shape index (κ3) is 2.92. The zero-order valence-electron chi connectivity index (χ0n) is 9.40. The van der Waals surface area contributed by atoms with Crippen molar-refractivity contribution in [3.05, 3.63) is 61.7 Å². The second-order valence-electron chi connectivity index (χ2n) is 3.73. The number of nitriles is 1. The van der Waals surface area contributed by atoms with Crippen LogP contribution >= 0.6 is 23.2 Å². The van der Waals surface area contributed by atoms with Gasteiger partial charge in [-0.3, -0.25) is 4.79 Å². The van der Waals surface area contributed by atoms with Crippen LogP contribution < -0.4 is 5.56 Å². The van der Waals surface area contributed by atoms with Crippen LogP contribution in [-0.4, -0.2) is 9.78 Å². The first-order valence-electron chi connectivity index (χ1n) is 5.12. The molecule has 0 aliphatic heterocycles. The Kier molecular flexibility index (Phi) is 3.84. The molecule has 19 heavy (non-hydrogen) atoms. The quantitative estimate of drug-likeness (QED) is 0.856. The highest BCUT2D eigenvalue weighted by molar-refractivity contribution is 6.41. The first-order chi connectivity index (χ1) is 9.01. The summed E-state index contributed by atoms with van der Waals surface area (Å²) in [7, 11) is 0. The molecule has 4 nitrogen and oxygen atoms in total. The van der Waals surface area contributed by atoms with Gasteiger partial charge in [-0.05, 0) is 23.8 Å². The molecule has 0 saturated carbocycles. The highest BCUT2D eigenvalue weighted by Crippen LogP contribution is 2.15. The van der Waals surface area contributed by atoms with Gasteiger partial charge in [-0.15, -0.1) is 0 Å². The van der Waals surface area contributed by atoms with E-state index in [1.807, 2.05) is 6.07 Å². The lowest BCUT2D eigenvalue weighted by Crippen LogP contribution is -2.23. The van der Waals surface area contributed by atoms with Crippen LogP contribution in [0.15, 0.2) is 29.2 Å². The number of halogens is 3. The Balaban J connectivity index is 2.43. The largest absolute Gasteiger partial charge is 0.287 e. The fourth-order valence-electron chi connectivity index (χ4n) is 1.54. The van der Waals surface area contributed by atoms with Crippen molar-refractivity contribution in [3.8, 4) is 6.07 Å². The minimum atomic E-state index is -0.572. The third-order valence-electron chi connectivity index (χ3n) is 2.36. The molecular weight excluding hydrogens is 292 g/mol. The fourth-order valence-corrected chi connectivity index (χ4v) is 1.81. The molecule has 0 N–H and O–H groups in total. The number of rotatable bonds is 2. The molecule has 7 heteroatoms. The van der Waals surface area contributed by atoms with Crippen LogP contribution in [0.3, 0.4) is 0 Å². The molecule has 0 spiro atoms. The summed E-state index contributed by atoms with van der Waals surface area (Å²) in [4.78, 5) is 11.8. The third-order valence-corrected chi connectivity index (χ3v) is 3.11. The summed E-state index contributed by atoms with van der Waals surface area (Å²) < 4.78 is 14.3. The Hall–Kier alpha value is -1.90. The van der Waals surface area contributed by atoms with E-state index in [-0.39, 0.29) is 22.2 Å². The van der Waals surface area contributed by atoms with E-state index < -0.39 is 11.4 Å². The van der Waals surface area contributed by atoms with Gasteiger partial charge in [0.15, 0.2) is 0 Å². The maximum atomic E-state index is 13.3. The maximum absolute atomic E-state index is 13.3. The highest BCUT2D eigenvalue weighted by atomic mass is 35.5. The zero-order chi connectivity index (χ0) is 14.0. The Morgan fingerprint density at radius 3 is 2.79 bits per heavy atom. The SMILES string of the molecule is N#Cc1cc(F)cc(Cn2ncc(Cl)c(Cl)c2=O)c1. The van der Waals surface area contributed by atoms with Crippen LogP contribution in [0.5, 0.6) is 0 Å². The summed E-state index contributed by atoms with van der Waals surface area (Å²) in [5.74, 6) is -0.554. The number of aromatic nitrogens is 2. The average Bonchev–Trinajstić information content (AvgIpc) is 2.39. The molecule has 2 rings (SSSR count). The molecule has 0 fully saturated rings. The van der Waals surface area contributed by atoms with E-state index in [9.17, 15) is 9.18 Å². The molecule has 0 radical (unpaired) electrons. The molecule has 0 atom stereocenters. The first-order valence-corrected chi connectivity index (χ1v) is 5.87. The standard InChI is InChI=1S/C12H6Cl2FN3O/c13-10-5-17-18(12(19)11(10)14)6-8-1-7(4-16)2-9(15)3-8/h1-3,5H,6H2. The van der Waals surface area contributed by atoms with E-state index in [1.165, 1.54) is 18.3 Å². The van der Waals surface area contributed by atoms with Crippen LogP contribution in [0, 0.1) is 17.1 Å². The summed E-state index contributed by atoms with van der Waals surface area (Å²) in [5, 5.41) is 12.5. The molecule has 0 aliphatic carbocycles. The summed E-state index contributed by atoms with van der Waals surface area (Å²) >= 11 is 11.4. The molecule has 0 aliphatic rings. The summed E-state index contributed by atoms with van der Waals surface area (Å²) in [6.45, 7) is 0.00215. The van der Waals surface area contributed by atoms with Gasteiger partial charge in [-0.2, -0.15) is 10.4 Å². The van der Waals surface area contributed by atoms with Crippen molar-refractivity contribution < 1.29 is 4.39 Å². The van der Waals surface area contributed by atoms with Crippen LogP contribution in [0.25, 0.3) is 0 Å². The summed E-state index contributed by atoms with van der Waals surface area (Å²) in [6, 6.07) is 5.63. The van der Waals surface area contributed by atoms with Gasteiger partial charge < -0.3 is 0 Å². The second kappa shape index (κ2) is 5.39. The minimum absolute atomic E-state index is 0.00215. The molecule has 2 aromatic rings. The Bertz CT molecular complexity index is 737. The number of benzene rings is 1. The van der Waals surface area contributed by atoms with Crippen LogP contribution in [0.2, 0.25) is 10.0 Å². The van der Waals surface area contributed by atoms with Gasteiger partial charge >= 0.3 is 0 Å². The first kappa shape index (κ1) is 13.5. The maximum Gasteiger partial charge on any atom is 0.287 e. The Labute approximate surface area is 117 Å². The average molecular weight is 298 g/mol. The van der Waals surface area contributed by atoms with Gasteiger partial charge in [0.05, 0.1) is 29.4 Å². The Morgan fingerprint density at radius 1 is 1.37 bits per heavy atom. The lowest BCUT2D eigenvalue weighted by atomic mass is 10.1. The van der Waals surface area contributed by atoms with E-state index in [1.54, 1.807) is 0 Å². The van der Waals surface area contributed by atoms with E-state index in [2.05, 4.69) is 5.10 Å². The molecule has 0 saturated heterocycles. The fraction of sp³-hybridized carbons (Fsp3) is 0.0833. The van der Waals surface area contributed by atoms with Crippen LogP contribution in [0.1, 0.15) is 11.1 Å². The lowest BCUT2D eigenvalue weighted by Gasteiger charge is -2.06. The molecule has 1 aromatic carbocycles. The minimum Gasteiger partial charge on any atom is -0.266 e. The molecule has 0 unspecified atom stereocenters. The van der Waals surface area contributed by atoms with Gasteiger partial charge in [-0.1, -0.05) is 23.2 Å². The van der Waals surface area contributed by atoms with Crippen molar-refractivity contribution in [2.75, 3.05) is 0 Å². The van der Waals surface area contributed by atoms with Crippen molar-refractivity contribution in [1.82, 2.24) is 9.78 Å². The molecule has 1 aromatic heterocycles. The monoisotopic (exact) mass is 297 g/mol. The van der Waals surface area contributed by atoms with E-state index >= 15 is 0 Å².